The Hall–Kier alpha value is -0.730. The van der Waals surface area contributed by atoms with Gasteiger partial charge in [-0.3, -0.25) is 0 Å². The number of rotatable bonds is 6. The van der Waals surface area contributed by atoms with E-state index in [1.165, 1.54) is 0 Å². The fraction of sp³-hybridized carbons (Fsp3) is 0.400. The molecule has 1 heterocycles. The average Bonchev–Trinajstić information content (AvgIpc) is 2.63. The third-order valence-corrected chi connectivity index (χ3v) is 1.82. The monoisotopic (exact) mass is 199 g/mol. The molecule has 0 radical (unpaired) electrons. The van der Waals surface area contributed by atoms with Gasteiger partial charge in [-0.05, 0) is 12.1 Å². The lowest BCUT2D eigenvalue weighted by atomic mass is 10.3. The SMILES string of the molecule is ClC/C=C/CNCCc1ccco1. The second kappa shape index (κ2) is 6.75. The Bertz CT molecular complexity index is 231. The average molecular weight is 200 g/mol. The van der Waals surface area contributed by atoms with E-state index in [9.17, 15) is 0 Å². The van der Waals surface area contributed by atoms with E-state index in [0.29, 0.717) is 5.88 Å². The van der Waals surface area contributed by atoms with Crippen molar-refractivity contribution in [1.82, 2.24) is 5.32 Å². The van der Waals surface area contributed by atoms with Crippen LogP contribution >= 0.6 is 11.6 Å². The van der Waals surface area contributed by atoms with Gasteiger partial charge in [0.1, 0.15) is 5.76 Å². The van der Waals surface area contributed by atoms with E-state index in [1.54, 1.807) is 6.26 Å². The van der Waals surface area contributed by atoms with Crippen LogP contribution < -0.4 is 5.32 Å². The summed E-state index contributed by atoms with van der Waals surface area (Å²) in [5, 5.41) is 3.25. The molecular weight excluding hydrogens is 186 g/mol. The Balaban J connectivity index is 1.99. The number of allylic oxidation sites excluding steroid dienone is 1. The predicted octanol–water partition coefficient (Wildman–Crippen LogP) is 2.21. The van der Waals surface area contributed by atoms with E-state index in [4.69, 9.17) is 16.0 Å². The molecule has 0 bridgehead atoms. The standard InChI is InChI=1S/C10H14ClNO/c11-6-1-2-7-12-8-5-10-4-3-9-13-10/h1-4,9,12H,5-8H2/b2-1+. The van der Waals surface area contributed by atoms with Gasteiger partial charge < -0.3 is 9.73 Å². The van der Waals surface area contributed by atoms with Crippen molar-refractivity contribution in [3.8, 4) is 0 Å². The Morgan fingerprint density at radius 2 is 2.38 bits per heavy atom. The summed E-state index contributed by atoms with van der Waals surface area (Å²) in [5.41, 5.74) is 0. The highest BCUT2D eigenvalue weighted by atomic mass is 35.5. The van der Waals surface area contributed by atoms with Crippen LogP contribution in [-0.4, -0.2) is 19.0 Å². The molecule has 0 atom stereocenters. The molecule has 0 saturated heterocycles. The fourth-order valence-corrected chi connectivity index (χ4v) is 1.12. The minimum absolute atomic E-state index is 0.583. The molecule has 0 fully saturated rings. The lowest BCUT2D eigenvalue weighted by Crippen LogP contribution is -2.16. The molecule has 0 amide bonds. The molecule has 0 aliphatic heterocycles. The van der Waals surface area contributed by atoms with Gasteiger partial charge in [-0.15, -0.1) is 11.6 Å². The van der Waals surface area contributed by atoms with Gasteiger partial charge in [0.2, 0.25) is 0 Å². The third kappa shape index (κ3) is 4.76. The number of nitrogens with one attached hydrogen (secondary N) is 1. The second-order valence-electron chi connectivity index (χ2n) is 2.66. The first-order valence-corrected chi connectivity index (χ1v) is 4.91. The summed E-state index contributed by atoms with van der Waals surface area (Å²) < 4.78 is 5.18. The van der Waals surface area contributed by atoms with Gasteiger partial charge in [0.05, 0.1) is 6.26 Å². The van der Waals surface area contributed by atoms with Crippen molar-refractivity contribution in [2.75, 3.05) is 19.0 Å². The molecule has 3 heteroatoms. The van der Waals surface area contributed by atoms with Gasteiger partial charge in [-0.25, -0.2) is 0 Å². The molecule has 0 saturated carbocycles. The zero-order valence-electron chi connectivity index (χ0n) is 7.50. The second-order valence-corrected chi connectivity index (χ2v) is 2.97. The number of hydrogen-bond acceptors (Lipinski definition) is 2. The molecule has 1 aromatic heterocycles. The van der Waals surface area contributed by atoms with E-state index in [2.05, 4.69) is 5.32 Å². The highest BCUT2D eigenvalue weighted by Gasteiger charge is 1.92. The maximum atomic E-state index is 5.47. The van der Waals surface area contributed by atoms with Crippen LogP contribution in [0, 0.1) is 0 Å². The molecule has 1 N–H and O–H groups in total. The first kappa shape index (κ1) is 10.4. The van der Waals surface area contributed by atoms with Crippen LogP contribution in [0.1, 0.15) is 5.76 Å². The summed E-state index contributed by atoms with van der Waals surface area (Å²) in [5.74, 6) is 1.61. The summed E-state index contributed by atoms with van der Waals surface area (Å²) in [6.45, 7) is 1.80. The molecule has 0 spiro atoms. The summed E-state index contributed by atoms with van der Waals surface area (Å²) in [4.78, 5) is 0. The van der Waals surface area contributed by atoms with Gasteiger partial charge in [0, 0.05) is 25.4 Å². The molecule has 1 aromatic rings. The van der Waals surface area contributed by atoms with E-state index < -0.39 is 0 Å². The zero-order chi connectivity index (χ0) is 9.36. The molecule has 1 rings (SSSR count). The molecular formula is C10H14ClNO. The van der Waals surface area contributed by atoms with Crippen LogP contribution in [0.25, 0.3) is 0 Å². The lowest BCUT2D eigenvalue weighted by Gasteiger charge is -1.98. The van der Waals surface area contributed by atoms with Crippen molar-refractivity contribution in [2.24, 2.45) is 0 Å². The van der Waals surface area contributed by atoms with Crippen LogP contribution in [0.4, 0.5) is 0 Å². The van der Waals surface area contributed by atoms with Crippen LogP contribution in [0.5, 0.6) is 0 Å². The zero-order valence-corrected chi connectivity index (χ0v) is 8.26. The minimum Gasteiger partial charge on any atom is -0.469 e. The molecule has 0 aromatic carbocycles. The number of alkyl halides is 1. The van der Waals surface area contributed by atoms with E-state index in [1.807, 2.05) is 24.3 Å². The van der Waals surface area contributed by atoms with Crippen LogP contribution in [-0.2, 0) is 6.42 Å². The van der Waals surface area contributed by atoms with E-state index >= 15 is 0 Å². The van der Waals surface area contributed by atoms with Crippen molar-refractivity contribution in [2.45, 2.75) is 6.42 Å². The van der Waals surface area contributed by atoms with Gasteiger partial charge in [-0.1, -0.05) is 12.2 Å². The Morgan fingerprint density at radius 1 is 1.46 bits per heavy atom. The number of furan rings is 1. The predicted molar refractivity (Wildman–Crippen MR) is 55.1 cm³/mol. The third-order valence-electron chi connectivity index (χ3n) is 1.65. The highest BCUT2D eigenvalue weighted by Crippen LogP contribution is 1.99. The quantitative estimate of drug-likeness (QED) is 0.432. The molecule has 2 nitrogen and oxygen atoms in total. The van der Waals surface area contributed by atoms with Gasteiger partial charge in [0.15, 0.2) is 0 Å². The minimum atomic E-state index is 0.583. The summed E-state index contributed by atoms with van der Waals surface area (Å²) >= 11 is 5.47. The van der Waals surface area contributed by atoms with Crippen LogP contribution in [0.3, 0.4) is 0 Å². The molecule has 0 aliphatic carbocycles. The molecule has 72 valence electrons. The summed E-state index contributed by atoms with van der Waals surface area (Å²) in [6.07, 6.45) is 6.58. The Kier molecular flexibility index (Phi) is 5.38. The van der Waals surface area contributed by atoms with Crippen molar-refractivity contribution in [1.29, 1.82) is 0 Å². The first-order chi connectivity index (χ1) is 6.43. The van der Waals surface area contributed by atoms with Crippen molar-refractivity contribution in [3.63, 3.8) is 0 Å². The topological polar surface area (TPSA) is 25.2 Å². The van der Waals surface area contributed by atoms with Crippen molar-refractivity contribution in [3.05, 3.63) is 36.3 Å². The summed E-state index contributed by atoms with van der Waals surface area (Å²) in [6, 6.07) is 3.89. The van der Waals surface area contributed by atoms with Crippen LogP contribution in [0.2, 0.25) is 0 Å². The highest BCUT2D eigenvalue weighted by molar-refractivity contribution is 6.18. The largest absolute Gasteiger partial charge is 0.469 e. The first-order valence-electron chi connectivity index (χ1n) is 4.37. The smallest absolute Gasteiger partial charge is 0.105 e. The number of halogens is 1. The van der Waals surface area contributed by atoms with E-state index in [-0.39, 0.29) is 0 Å². The van der Waals surface area contributed by atoms with Gasteiger partial charge in [-0.2, -0.15) is 0 Å². The Labute approximate surface area is 83.6 Å². The fourth-order valence-electron chi connectivity index (χ4n) is 0.998. The maximum absolute atomic E-state index is 5.47. The maximum Gasteiger partial charge on any atom is 0.105 e. The molecule has 0 aliphatic rings. The number of hydrogen-bond donors (Lipinski definition) is 1. The van der Waals surface area contributed by atoms with Crippen LogP contribution in [0.15, 0.2) is 35.0 Å². The van der Waals surface area contributed by atoms with Gasteiger partial charge >= 0.3 is 0 Å². The molecule has 13 heavy (non-hydrogen) atoms. The van der Waals surface area contributed by atoms with Crippen molar-refractivity contribution >= 4 is 11.6 Å². The van der Waals surface area contributed by atoms with Gasteiger partial charge in [0.25, 0.3) is 0 Å². The summed E-state index contributed by atoms with van der Waals surface area (Å²) in [7, 11) is 0. The normalized spacial score (nSPS) is 11.2. The lowest BCUT2D eigenvalue weighted by molar-refractivity contribution is 0.502. The molecule has 0 unspecified atom stereocenters. The Morgan fingerprint density at radius 3 is 3.08 bits per heavy atom. The van der Waals surface area contributed by atoms with Crippen molar-refractivity contribution < 1.29 is 4.42 Å². The van der Waals surface area contributed by atoms with E-state index in [0.717, 1.165) is 25.3 Å².